The lowest BCUT2D eigenvalue weighted by Crippen LogP contribution is -2.59. The van der Waals surface area contributed by atoms with Crippen molar-refractivity contribution in [1.82, 2.24) is 25.1 Å². The van der Waals surface area contributed by atoms with Gasteiger partial charge >= 0.3 is 12.0 Å². The van der Waals surface area contributed by atoms with Crippen LogP contribution in [0.1, 0.15) is 25.0 Å². The summed E-state index contributed by atoms with van der Waals surface area (Å²) in [4.78, 5) is 70.3. The zero-order chi connectivity index (χ0) is 38.5. The maximum Gasteiger partial charge on any atom is 0.412 e. The number of halogens is 3. The van der Waals surface area contributed by atoms with E-state index in [9.17, 15) is 33.5 Å². The van der Waals surface area contributed by atoms with Gasteiger partial charge in [-0.05, 0) is 43.5 Å². The second kappa shape index (κ2) is 18.5. The Bertz CT molecular complexity index is 1940. The van der Waals surface area contributed by atoms with Crippen molar-refractivity contribution >= 4 is 29.5 Å². The third kappa shape index (κ3) is 10.7. The highest BCUT2D eigenvalue weighted by Gasteiger charge is 2.50. The van der Waals surface area contributed by atoms with Gasteiger partial charge in [0.2, 0.25) is 11.8 Å². The molecule has 0 aliphatic heterocycles. The van der Waals surface area contributed by atoms with Gasteiger partial charge in [0.05, 0.1) is 18.8 Å². The summed E-state index contributed by atoms with van der Waals surface area (Å²) in [6, 6.07) is 19.8. The van der Waals surface area contributed by atoms with E-state index in [4.69, 9.17) is 4.74 Å². The van der Waals surface area contributed by atoms with E-state index in [1.54, 1.807) is 74.5 Å². The molecule has 16 heteroatoms. The number of nitrogens with one attached hydrogen (secondary N) is 3. The van der Waals surface area contributed by atoms with Crippen molar-refractivity contribution in [2.24, 2.45) is 0 Å². The molecule has 0 aliphatic carbocycles. The van der Waals surface area contributed by atoms with Gasteiger partial charge in [-0.25, -0.2) is 14.2 Å². The van der Waals surface area contributed by atoms with Crippen LogP contribution in [0.2, 0.25) is 0 Å². The summed E-state index contributed by atoms with van der Waals surface area (Å²) in [6.45, 7) is 2.15. The molecule has 0 saturated heterocycles. The van der Waals surface area contributed by atoms with Crippen LogP contribution in [-0.4, -0.2) is 81.1 Å². The van der Waals surface area contributed by atoms with Crippen molar-refractivity contribution in [1.29, 1.82) is 0 Å². The second-order valence-electron chi connectivity index (χ2n) is 11.8. The van der Waals surface area contributed by atoms with Crippen LogP contribution in [-0.2, 0) is 38.7 Å². The molecule has 0 saturated carbocycles. The molecule has 0 bridgehead atoms. The van der Waals surface area contributed by atoms with Crippen molar-refractivity contribution in [2.45, 2.75) is 51.5 Å². The lowest BCUT2D eigenvalue weighted by atomic mass is 9.96. The molecule has 0 radical (unpaired) electrons. The van der Waals surface area contributed by atoms with E-state index < -0.39 is 72.0 Å². The number of nitrogens with zero attached hydrogens (tertiary/aromatic N) is 3. The number of rotatable bonds is 16. The number of aromatic nitrogens is 2. The average molecular weight is 737 g/mol. The minimum atomic E-state index is -4.49. The number of hydrogen-bond donors (Lipinski definition) is 4. The molecule has 280 valence electrons. The highest BCUT2D eigenvalue weighted by Crippen LogP contribution is 2.24. The molecule has 0 spiro atoms. The SMILES string of the molecule is CCN(CC)C(=O)CNC(=O)C(F)(F)C(O)C(Cc1ccccc1)NC(=O)Cn1c(-c2cccc(F)c2)ncc(NC(=O)OCc2ccccc2)c1=O. The Labute approximate surface area is 302 Å². The van der Waals surface area contributed by atoms with E-state index in [2.05, 4.69) is 15.6 Å². The molecule has 4 aromatic rings. The van der Waals surface area contributed by atoms with Crippen LogP contribution in [0, 0.1) is 5.82 Å². The molecule has 4 rings (SSSR count). The predicted molar refractivity (Wildman–Crippen MR) is 188 cm³/mol. The zero-order valence-electron chi connectivity index (χ0n) is 28.9. The number of aliphatic hydroxyl groups excluding tert-OH is 1. The summed E-state index contributed by atoms with van der Waals surface area (Å²) < 4.78 is 51.2. The molecule has 13 nitrogen and oxygen atoms in total. The summed E-state index contributed by atoms with van der Waals surface area (Å²) in [7, 11) is 0. The number of carbonyl (C=O) groups is 4. The summed E-state index contributed by atoms with van der Waals surface area (Å²) in [5, 5.41) is 17.4. The number of carbonyl (C=O) groups excluding carboxylic acids is 4. The average Bonchev–Trinajstić information content (AvgIpc) is 3.15. The molecule has 2 atom stereocenters. The summed E-state index contributed by atoms with van der Waals surface area (Å²) in [6.07, 6.45) is -3.21. The highest BCUT2D eigenvalue weighted by atomic mass is 19.3. The van der Waals surface area contributed by atoms with Gasteiger partial charge in [-0.3, -0.25) is 29.1 Å². The number of benzene rings is 3. The Hall–Kier alpha value is -6.03. The number of aliphatic hydroxyl groups is 1. The third-order valence-electron chi connectivity index (χ3n) is 8.10. The first-order valence-corrected chi connectivity index (χ1v) is 16.6. The number of likely N-dealkylation sites (N-methyl/N-ethyl adjacent to an activating group) is 1. The first-order valence-electron chi connectivity index (χ1n) is 16.6. The second-order valence-corrected chi connectivity index (χ2v) is 11.8. The van der Waals surface area contributed by atoms with Crippen molar-refractivity contribution in [3.05, 3.63) is 118 Å². The molecule has 4 amide bonds. The fourth-order valence-electron chi connectivity index (χ4n) is 5.31. The standard InChI is InChI=1S/C37H39F3N6O7/c1-3-45(4-2)31(48)21-42-35(51)37(39,40)32(49)28(18-24-12-7-5-8-13-24)43-30(47)22-46-33(26-16-11-17-27(38)19-26)41-20-29(34(46)50)44-36(52)53-23-25-14-9-6-10-15-25/h5-17,19-20,28,32,49H,3-4,18,21-23H2,1-2H3,(H,42,51)(H,43,47)(H,44,52). The number of ether oxygens (including phenoxy) is 1. The Balaban J connectivity index is 1.60. The van der Waals surface area contributed by atoms with E-state index in [0.29, 0.717) is 11.1 Å². The van der Waals surface area contributed by atoms with Gasteiger partial charge in [0, 0.05) is 18.7 Å². The quantitative estimate of drug-likeness (QED) is 0.135. The summed E-state index contributed by atoms with van der Waals surface area (Å²) in [5.41, 5.74) is -0.256. The molecular weight excluding hydrogens is 697 g/mol. The first kappa shape index (κ1) is 39.8. The lowest BCUT2D eigenvalue weighted by Gasteiger charge is -2.30. The topological polar surface area (TPSA) is 172 Å². The van der Waals surface area contributed by atoms with Crippen molar-refractivity contribution in [3.8, 4) is 11.4 Å². The lowest BCUT2D eigenvalue weighted by molar-refractivity contribution is -0.168. The smallest absolute Gasteiger partial charge is 0.412 e. The van der Waals surface area contributed by atoms with E-state index in [0.717, 1.165) is 22.9 Å². The number of hydrogen-bond acceptors (Lipinski definition) is 8. The van der Waals surface area contributed by atoms with Gasteiger partial charge in [0.1, 0.15) is 36.6 Å². The van der Waals surface area contributed by atoms with Gasteiger partial charge in [0.15, 0.2) is 0 Å². The van der Waals surface area contributed by atoms with Crippen LogP contribution in [0.3, 0.4) is 0 Å². The maximum absolute atomic E-state index is 15.5. The number of anilines is 1. The third-order valence-corrected chi connectivity index (χ3v) is 8.10. The van der Waals surface area contributed by atoms with Gasteiger partial charge < -0.3 is 25.4 Å². The summed E-state index contributed by atoms with van der Waals surface area (Å²) in [5.74, 6) is -9.03. The fraction of sp³-hybridized carbons (Fsp3) is 0.297. The van der Waals surface area contributed by atoms with Crippen LogP contribution in [0.5, 0.6) is 0 Å². The Morgan fingerprint density at radius 3 is 2.21 bits per heavy atom. The molecule has 0 aliphatic rings. The first-order chi connectivity index (χ1) is 25.3. The van der Waals surface area contributed by atoms with Crippen LogP contribution in [0.15, 0.2) is 95.9 Å². The van der Waals surface area contributed by atoms with Gasteiger partial charge in [-0.1, -0.05) is 72.8 Å². The van der Waals surface area contributed by atoms with Crippen molar-refractivity contribution in [3.63, 3.8) is 0 Å². The summed E-state index contributed by atoms with van der Waals surface area (Å²) >= 11 is 0. The minimum Gasteiger partial charge on any atom is -0.444 e. The Morgan fingerprint density at radius 1 is 0.943 bits per heavy atom. The molecular formula is C37H39F3N6O7. The van der Waals surface area contributed by atoms with E-state index >= 15 is 8.78 Å². The molecule has 3 aromatic carbocycles. The van der Waals surface area contributed by atoms with Crippen molar-refractivity contribution in [2.75, 3.05) is 25.0 Å². The zero-order valence-corrected chi connectivity index (χ0v) is 28.9. The van der Waals surface area contributed by atoms with E-state index in [1.807, 2.05) is 5.32 Å². The van der Waals surface area contributed by atoms with Crippen molar-refractivity contribution < 1.29 is 42.2 Å². The fourth-order valence-corrected chi connectivity index (χ4v) is 5.31. The van der Waals surface area contributed by atoms with Crippen LogP contribution >= 0.6 is 0 Å². The molecule has 0 fully saturated rings. The van der Waals surface area contributed by atoms with Gasteiger partial charge in [0.25, 0.3) is 11.5 Å². The Morgan fingerprint density at radius 2 is 1.58 bits per heavy atom. The monoisotopic (exact) mass is 736 g/mol. The molecule has 2 unspecified atom stereocenters. The minimum absolute atomic E-state index is 0.0661. The van der Waals surface area contributed by atoms with Crippen LogP contribution < -0.4 is 21.5 Å². The van der Waals surface area contributed by atoms with Gasteiger partial charge in [-0.15, -0.1) is 0 Å². The Kier molecular flexibility index (Phi) is 13.8. The normalized spacial score (nSPS) is 12.3. The predicted octanol–water partition coefficient (Wildman–Crippen LogP) is 3.51. The largest absolute Gasteiger partial charge is 0.444 e. The molecule has 1 heterocycles. The number of alkyl halides is 2. The van der Waals surface area contributed by atoms with E-state index in [1.165, 1.54) is 17.0 Å². The van der Waals surface area contributed by atoms with Crippen LogP contribution in [0.4, 0.5) is 23.7 Å². The van der Waals surface area contributed by atoms with E-state index in [-0.39, 0.29) is 37.5 Å². The highest BCUT2D eigenvalue weighted by molar-refractivity contribution is 5.89. The molecule has 1 aromatic heterocycles. The molecule has 4 N–H and O–H groups in total. The molecule has 53 heavy (non-hydrogen) atoms. The van der Waals surface area contributed by atoms with Gasteiger partial charge in [-0.2, -0.15) is 8.78 Å². The van der Waals surface area contributed by atoms with Crippen LogP contribution in [0.25, 0.3) is 11.4 Å². The maximum atomic E-state index is 15.5. The number of amides is 4.